The van der Waals surface area contributed by atoms with Crippen molar-refractivity contribution in [2.45, 2.75) is 11.8 Å². The van der Waals surface area contributed by atoms with Crippen LogP contribution in [-0.2, 0) is 7.05 Å². The molecule has 1 heterocycles. The predicted octanol–water partition coefficient (Wildman–Crippen LogP) is 3.85. The zero-order valence-electron chi connectivity index (χ0n) is 14.8. The Balaban J connectivity index is 1.83. The summed E-state index contributed by atoms with van der Waals surface area (Å²) in [4.78, 5) is 26.0. The van der Waals surface area contributed by atoms with Gasteiger partial charge >= 0.3 is 11.7 Å². The van der Waals surface area contributed by atoms with E-state index in [0.29, 0.717) is 17.2 Å². The number of urea groups is 1. The third kappa shape index (κ3) is 3.52. The van der Waals surface area contributed by atoms with Crippen molar-refractivity contribution in [3.05, 3.63) is 70.8 Å². The molecule has 26 heavy (non-hydrogen) atoms. The molecule has 3 rings (SSSR count). The van der Waals surface area contributed by atoms with E-state index in [1.165, 1.54) is 4.57 Å². The number of anilines is 2. The number of rotatable bonds is 4. The Bertz CT molecular complexity index is 975. The monoisotopic (exact) mass is 368 g/mol. The second kappa shape index (κ2) is 7.53. The van der Waals surface area contributed by atoms with Gasteiger partial charge in [-0.15, -0.1) is 11.8 Å². The van der Waals surface area contributed by atoms with E-state index in [2.05, 4.69) is 10.6 Å². The van der Waals surface area contributed by atoms with Crippen LogP contribution in [0.5, 0.6) is 0 Å². The highest BCUT2D eigenvalue weighted by Crippen LogP contribution is 2.19. The lowest BCUT2D eigenvalue weighted by atomic mass is 10.3. The second-order valence-electron chi connectivity index (χ2n) is 5.75. The predicted molar refractivity (Wildman–Crippen MR) is 107 cm³/mol. The third-order valence-corrected chi connectivity index (χ3v) is 4.83. The van der Waals surface area contributed by atoms with Crippen LogP contribution in [0.3, 0.4) is 0 Å². The van der Waals surface area contributed by atoms with E-state index < -0.39 is 6.03 Å². The topological polar surface area (TPSA) is 68.1 Å². The number of hydrogen-bond donors (Lipinski definition) is 2. The lowest BCUT2D eigenvalue weighted by Crippen LogP contribution is -2.24. The van der Waals surface area contributed by atoms with Gasteiger partial charge in [0.25, 0.3) is 0 Å². The maximum Gasteiger partial charge on any atom is 0.334 e. The molecule has 2 aromatic carbocycles. The zero-order valence-corrected chi connectivity index (χ0v) is 15.6. The highest BCUT2D eigenvalue weighted by molar-refractivity contribution is 7.98. The highest BCUT2D eigenvalue weighted by Gasteiger charge is 2.17. The molecular formula is C19H20N4O2S. The van der Waals surface area contributed by atoms with Gasteiger partial charge in [-0.2, -0.15) is 0 Å². The van der Waals surface area contributed by atoms with Crippen molar-refractivity contribution in [1.82, 2.24) is 9.13 Å². The van der Waals surface area contributed by atoms with Crippen LogP contribution in [-0.4, -0.2) is 21.4 Å². The van der Waals surface area contributed by atoms with Crippen LogP contribution in [0.15, 0.2) is 64.3 Å². The first-order chi connectivity index (χ1) is 12.5. The lowest BCUT2D eigenvalue weighted by Gasteiger charge is -2.09. The number of para-hydroxylation sites is 1. The van der Waals surface area contributed by atoms with Crippen LogP contribution in [0, 0.1) is 6.92 Å². The van der Waals surface area contributed by atoms with Gasteiger partial charge in [0.1, 0.15) is 5.82 Å². The molecule has 0 saturated carbocycles. The van der Waals surface area contributed by atoms with Gasteiger partial charge in [0.15, 0.2) is 0 Å². The minimum absolute atomic E-state index is 0.215. The highest BCUT2D eigenvalue weighted by atomic mass is 32.2. The first-order valence-corrected chi connectivity index (χ1v) is 9.29. The molecular weight excluding hydrogens is 348 g/mol. The maximum absolute atomic E-state index is 12.6. The summed E-state index contributed by atoms with van der Waals surface area (Å²) in [7, 11) is 1.64. The number of thioether (sulfide) groups is 1. The molecule has 0 fully saturated rings. The molecule has 134 valence electrons. The molecule has 0 saturated heterocycles. The normalized spacial score (nSPS) is 10.6. The second-order valence-corrected chi connectivity index (χ2v) is 6.63. The van der Waals surface area contributed by atoms with Crippen LogP contribution in [0.4, 0.5) is 16.3 Å². The van der Waals surface area contributed by atoms with Gasteiger partial charge in [0.05, 0.1) is 11.4 Å². The van der Waals surface area contributed by atoms with Crippen molar-refractivity contribution in [1.29, 1.82) is 0 Å². The zero-order chi connectivity index (χ0) is 18.7. The maximum atomic E-state index is 12.6. The Morgan fingerprint density at radius 2 is 1.65 bits per heavy atom. The number of aromatic nitrogens is 2. The van der Waals surface area contributed by atoms with E-state index in [4.69, 9.17) is 0 Å². The largest absolute Gasteiger partial charge is 0.334 e. The standard InChI is InChI=1S/C19H20N4O2S/c1-13-17(21-18(24)20-14-9-11-16(26-3)12-10-14)22(2)19(25)23(13)15-7-5-4-6-8-15/h4-12H,1-3H3,(H2,20,21,24). The van der Waals surface area contributed by atoms with Crippen molar-refractivity contribution in [3.8, 4) is 5.69 Å². The minimum atomic E-state index is -0.397. The van der Waals surface area contributed by atoms with E-state index in [1.54, 1.807) is 30.3 Å². The first-order valence-electron chi connectivity index (χ1n) is 8.07. The number of carbonyl (C=O) groups is 1. The fraction of sp³-hybridized carbons (Fsp3) is 0.158. The Hall–Kier alpha value is -2.93. The SMILES string of the molecule is CSc1ccc(NC(=O)Nc2c(C)n(-c3ccccc3)c(=O)n2C)cc1. The summed E-state index contributed by atoms with van der Waals surface area (Å²) < 4.78 is 3.00. The van der Waals surface area contributed by atoms with Crippen molar-refractivity contribution >= 4 is 29.3 Å². The number of amides is 2. The molecule has 0 aliphatic heterocycles. The molecule has 6 nitrogen and oxygen atoms in total. The van der Waals surface area contributed by atoms with Crippen LogP contribution < -0.4 is 16.3 Å². The van der Waals surface area contributed by atoms with Crippen LogP contribution in [0.2, 0.25) is 0 Å². The van der Waals surface area contributed by atoms with Crippen molar-refractivity contribution in [2.24, 2.45) is 7.05 Å². The first kappa shape index (κ1) is 17.9. The minimum Gasteiger partial charge on any atom is -0.308 e. The van der Waals surface area contributed by atoms with E-state index in [0.717, 1.165) is 10.6 Å². The average molecular weight is 368 g/mol. The Kier molecular flexibility index (Phi) is 5.18. The summed E-state index contributed by atoms with van der Waals surface area (Å²) in [5.74, 6) is 0.456. The Morgan fingerprint density at radius 3 is 2.27 bits per heavy atom. The molecule has 0 bridgehead atoms. The average Bonchev–Trinajstić information content (AvgIpc) is 2.86. The van der Waals surface area contributed by atoms with Crippen LogP contribution in [0.25, 0.3) is 5.69 Å². The number of hydrogen-bond acceptors (Lipinski definition) is 3. The lowest BCUT2D eigenvalue weighted by molar-refractivity contribution is 0.262. The molecule has 0 aliphatic carbocycles. The summed E-state index contributed by atoms with van der Waals surface area (Å²) in [5.41, 5.74) is 1.89. The summed E-state index contributed by atoms with van der Waals surface area (Å²) in [6.45, 7) is 1.80. The summed E-state index contributed by atoms with van der Waals surface area (Å²) >= 11 is 1.64. The molecule has 2 N–H and O–H groups in total. The molecule has 0 spiro atoms. The van der Waals surface area contributed by atoms with Gasteiger partial charge in [-0.1, -0.05) is 18.2 Å². The fourth-order valence-corrected chi connectivity index (χ4v) is 3.15. The van der Waals surface area contributed by atoms with Gasteiger partial charge in [-0.05, 0) is 49.6 Å². The number of nitrogens with one attached hydrogen (secondary N) is 2. The van der Waals surface area contributed by atoms with Gasteiger partial charge in [0, 0.05) is 17.6 Å². The molecule has 7 heteroatoms. The van der Waals surface area contributed by atoms with E-state index in [-0.39, 0.29) is 5.69 Å². The van der Waals surface area contributed by atoms with Crippen molar-refractivity contribution < 1.29 is 4.79 Å². The number of benzene rings is 2. The molecule has 0 atom stereocenters. The molecule has 2 amide bonds. The van der Waals surface area contributed by atoms with E-state index in [9.17, 15) is 9.59 Å². The number of carbonyl (C=O) groups excluding carboxylic acids is 1. The Morgan fingerprint density at radius 1 is 1.00 bits per heavy atom. The summed E-state index contributed by atoms with van der Waals surface area (Å²) in [6.07, 6.45) is 2.00. The quantitative estimate of drug-likeness (QED) is 0.687. The fourth-order valence-electron chi connectivity index (χ4n) is 2.74. The smallest absolute Gasteiger partial charge is 0.308 e. The van der Waals surface area contributed by atoms with Crippen LogP contribution >= 0.6 is 11.8 Å². The summed E-state index contributed by atoms with van der Waals surface area (Å²) in [5, 5.41) is 5.55. The number of imidazole rings is 1. The van der Waals surface area contributed by atoms with Crippen LogP contribution in [0.1, 0.15) is 5.69 Å². The van der Waals surface area contributed by atoms with Gasteiger partial charge < -0.3 is 5.32 Å². The van der Waals surface area contributed by atoms with Crippen molar-refractivity contribution in [2.75, 3.05) is 16.9 Å². The van der Waals surface area contributed by atoms with Gasteiger partial charge in [0.2, 0.25) is 0 Å². The Labute approximate surface area is 155 Å². The third-order valence-electron chi connectivity index (χ3n) is 4.09. The summed E-state index contributed by atoms with van der Waals surface area (Å²) in [6, 6.07) is 16.5. The van der Waals surface area contributed by atoms with E-state index in [1.807, 2.05) is 60.9 Å². The number of nitrogens with zero attached hydrogens (tertiary/aromatic N) is 2. The molecule has 3 aromatic rings. The van der Waals surface area contributed by atoms with Gasteiger partial charge in [-0.25, -0.2) is 9.59 Å². The van der Waals surface area contributed by atoms with Crippen molar-refractivity contribution in [3.63, 3.8) is 0 Å². The van der Waals surface area contributed by atoms with E-state index >= 15 is 0 Å². The molecule has 0 aliphatic rings. The van der Waals surface area contributed by atoms with Gasteiger partial charge in [-0.3, -0.25) is 14.5 Å². The molecule has 0 radical (unpaired) electrons. The molecule has 1 aromatic heterocycles. The molecule has 0 unspecified atom stereocenters.